The monoisotopic (exact) mass is 321 g/mol. The van der Waals surface area contributed by atoms with Crippen molar-refractivity contribution in [3.8, 4) is 0 Å². The zero-order valence-corrected chi connectivity index (χ0v) is 12.3. The van der Waals surface area contributed by atoms with Gasteiger partial charge in [0, 0.05) is 0 Å². The molecule has 22 heavy (non-hydrogen) atoms. The van der Waals surface area contributed by atoms with E-state index in [0.29, 0.717) is 17.6 Å². The lowest BCUT2D eigenvalue weighted by Crippen LogP contribution is -2.28. The van der Waals surface area contributed by atoms with E-state index in [1.54, 1.807) is 18.2 Å². The largest absolute Gasteiger partial charge is 0.491 e. The molecule has 0 radical (unpaired) electrons. The SMILES string of the molecule is Nc1ccc(S(=O)(=O)Cc2ccc3c(c2)B(O)OC3)cc1F. The van der Waals surface area contributed by atoms with Gasteiger partial charge in [0.1, 0.15) is 5.82 Å². The molecule has 0 spiro atoms. The van der Waals surface area contributed by atoms with E-state index in [2.05, 4.69) is 0 Å². The van der Waals surface area contributed by atoms with E-state index in [9.17, 15) is 17.8 Å². The molecule has 2 aromatic carbocycles. The molecule has 1 aliphatic rings. The number of rotatable bonds is 3. The lowest BCUT2D eigenvalue weighted by molar-refractivity contribution is 0.275. The zero-order chi connectivity index (χ0) is 15.9. The molecule has 3 rings (SSSR count). The molecule has 8 heteroatoms. The van der Waals surface area contributed by atoms with E-state index in [1.165, 1.54) is 12.1 Å². The van der Waals surface area contributed by atoms with E-state index in [0.717, 1.165) is 11.6 Å². The van der Waals surface area contributed by atoms with Crippen LogP contribution in [0.1, 0.15) is 11.1 Å². The fraction of sp³-hybridized carbons (Fsp3) is 0.143. The first-order valence-corrected chi connectivity index (χ1v) is 8.21. The third-order valence-corrected chi connectivity index (χ3v) is 5.25. The van der Waals surface area contributed by atoms with Crippen molar-refractivity contribution in [3.05, 3.63) is 53.3 Å². The van der Waals surface area contributed by atoms with Gasteiger partial charge in [-0.25, -0.2) is 12.8 Å². The number of hydrogen-bond donors (Lipinski definition) is 2. The first kappa shape index (κ1) is 15.0. The normalized spacial score (nSPS) is 14.2. The van der Waals surface area contributed by atoms with Crippen LogP contribution in [-0.2, 0) is 26.9 Å². The molecule has 114 valence electrons. The molecule has 0 saturated carbocycles. The van der Waals surface area contributed by atoms with Crippen molar-refractivity contribution in [3.63, 3.8) is 0 Å². The first-order valence-electron chi connectivity index (χ1n) is 6.56. The molecule has 0 aliphatic carbocycles. The zero-order valence-electron chi connectivity index (χ0n) is 11.5. The van der Waals surface area contributed by atoms with Crippen molar-refractivity contribution >= 4 is 28.1 Å². The van der Waals surface area contributed by atoms with Crippen LogP contribution in [0.2, 0.25) is 0 Å². The molecule has 0 unspecified atom stereocenters. The van der Waals surface area contributed by atoms with Gasteiger partial charge in [0.15, 0.2) is 9.84 Å². The van der Waals surface area contributed by atoms with Crippen molar-refractivity contribution in [1.82, 2.24) is 0 Å². The highest BCUT2D eigenvalue weighted by atomic mass is 32.2. The molecule has 0 amide bonds. The highest BCUT2D eigenvalue weighted by Gasteiger charge is 2.28. The minimum absolute atomic E-state index is 0.100. The number of nitrogen functional groups attached to an aromatic ring is 1. The Morgan fingerprint density at radius 1 is 1.27 bits per heavy atom. The van der Waals surface area contributed by atoms with Crippen molar-refractivity contribution in [2.24, 2.45) is 0 Å². The second kappa shape index (κ2) is 5.38. The fourth-order valence-corrected chi connectivity index (χ4v) is 3.70. The number of halogens is 1. The van der Waals surface area contributed by atoms with Gasteiger partial charge in [0.2, 0.25) is 0 Å². The smallest absolute Gasteiger partial charge is 0.423 e. The lowest BCUT2D eigenvalue weighted by atomic mass is 9.79. The standard InChI is InChI=1S/C14H13BFNO4S/c16-13-6-11(3-4-14(13)17)22(19,20)8-9-1-2-10-7-21-15(18)12(10)5-9/h1-6,18H,7-8,17H2. The maximum Gasteiger partial charge on any atom is 0.491 e. The Bertz CT molecular complexity index is 841. The van der Waals surface area contributed by atoms with Crippen molar-refractivity contribution in [1.29, 1.82) is 0 Å². The van der Waals surface area contributed by atoms with Gasteiger partial charge in [-0.1, -0.05) is 18.2 Å². The Hall–Kier alpha value is -1.90. The van der Waals surface area contributed by atoms with E-state index in [1.807, 2.05) is 0 Å². The summed E-state index contributed by atoms with van der Waals surface area (Å²) in [7, 11) is -4.74. The molecular weight excluding hydrogens is 308 g/mol. The number of sulfone groups is 1. The summed E-state index contributed by atoms with van der Waals surface area (Å²) >= 11 is 0. The quantitative estimate of drug-likeness (QED) is 0.638. The third-order valence-electron chi connectivity index (χ3n) is 3.56. The van der Waals surface area contributed by atoms with Gasteiger partial charge < -0.3 is 15.4 Å². The molecule has 0 fully saturated rings. The highest BCUT2D eigenvalue weighted by molar-refractivity contribution is 7.90. The molecule has 0 atom stereocenters. The van der Waals surface area contributed by atoms with Crippen LogP contribution in [0.15, 0.2) is 41.3 Å². The van der Waals surface area contributed by atoms with Gasteiger partial charge in [-0.3, -0.25) is 0 Å². The summed E-state index contributed by atoms with van der Waals surface area (Å²) in [5.74, 6) is -1.06. The van der Waals surface area contributed by atoms with Gasteiger partial charge in [-0.05, 0) is 34.8 Å². The molecular formula is C14H13BFNO4S. The number of hydrogen-bond acceptors (Lipinski definition) is 5. The molecule has 2 aromatic rings. The van der Waals surface area contributed by atoms with Crippen LogP contribution in [0, 0.1) is 5.82 Å². The van der Waals surface area contributed by atoms with Crippen LogP contribution in [0.4, 0.5) is 10.1 Å². The van der Waals surface area contributed by atoms with Crippen molar-refractivity contribution in [2.75, 3.05) is 5.73 Å². The first-order chi connectivity index (χ1) is 10.4. The number of nitrogens with two attached hydrogens (primary N) is 1. The summed E-state index contributed by atoms with van der Waals surface area (Å²) < 4.78 is 43.2. The predicted octanol–water partition coefficient (Wildman–Crippen LogP) is 0.600. The average Bonchev–Trinajstić information content (AvgIpc) is 2.83. The van der Waals surface area contributed by atoms with E-state index < -0.39 is 22.8 Å². The Labute approximate surface area is 127 Å². The van der Waals surface area contributed by atoms with Crippen LogP contribution in [0.25, 0.3) is 0 Å². The summed E-state index contributed by atoms with van der Waals surface area (Å²) in [6.07, 6.45) is 0. The minimum Gasteiger partial charge on any atom is -0.423 e. The molecule has 3 N–H and O–H groups in total. The Kier molecular flexibility index (Phi) is 3.68. The van der Waals surface area contributed by atoms with E-state index in [-0.39, 0.29) is 16.3 Å². The highest BCUT2D eigenvalue weighted by Crippen LogP contribution is 2.21. The second-order valence-electron chi connectivity index (χ2n) is 5.14. The Balaban J connectivity index is 1.91. The number of fused-ring (bicyclic) bond motifs is 1. The summed E-state index contributed by atoms with van der Waals surface area (Å²) in [6, 6.07) is 8.39. The van der Waals surface area contributed by atoms with Crippen LogP contribution in [0.5, 0.6) is 0 Å². The van der Waals surface area contributed by atoms with Gasteiger partial charge in [-0.15, -0.1) is 0 Å². The summed E-state index contributed by atoms with van der Waals surface area (Å²) in [5, 5.41) is 9.65. The number of benzene rings is 2. The van der Waals surface area contributed by atoms with Gasteiger partial charge in [-0.2, -0.15) is 0 Å². The third kappa shape index (κ3) is 2.72. The minimum atomic E-state index is -3.71. The lowest BCUT2D eigenvalue weighted by Gasteiger charge is -2.07. The van der Waals surface area contributed by atoms with Crippen molar-refractivity contribution in [2.45, 2.75) is 17.3 Å². The van der Waals surface area contributed by atoms with E-state index in [4.69, 9.17) is 10.4 Å². The molecule has 5 nitrogen and oxygen atoms in total. The fourth-order valence-electron chi connectivity index (χ4n) is 2.36. The van der Waals surface area contributed by atoms with Gasteiger partial charge in [0.25, 0.3) is 0 Å². The summed E-state index contributed by atoms with van der Waals surface area (Å²) in [4.78, 5) is -0.128. The maximum absolute atomic E-state index is 13.4. The van der Waals surface area contributed by atoms with Crippen LogP contribution in [0.3, 0.4) is 0 Å². The summed E-state index contributed by atoms with van der Waals surface area (Å²) in [6.45, 7) is 0.298. The van der Waals surface area contributed by atoms with Crippen LogP contribution >= 0.6 is 0 Å². The van der Waals surface area contributed by atoms with E-state index >= 15 is 0 Å². The molecule has 0 aromatic heterocycles. The number of anilines is 1. The Morgan fingerprint density at radius 2 is 2.05 bits per heavy atom. The van der Waals surface area contributed by atoms with Gasteiger partial charge in [0.05, 0.1) is 22.9 Å². The summed E-state index contributed by atoms with van der Waals surface area (Å²) in [5.41, 5.74) is 7.14. The van der Waals surface area contributed by atoms with Crippen molar-refractivity contribution < 1.29 is 22.5 Å². The predicted molar refractivity (Wildman–Crippen MR) is 80.5 cm³/mol. The second-order valence-corrected chi connectivity index (χ2v) is 7.13. The Morgan fingerprint density at radius 3 is 2.77 bits per heavy atom. The van der Waals surface area contributed by atoms with Crippen LogP contribution in [-0.4, -0.2) is 20.6 Å². The molecule has 1 aliphatic heterocycles. The average molecular weight is 321 g/mol. The molecule has 1 heterocycles. The molecule has 0 saturated heterocycles. The maximum atomic E-state index is 13.4. The van der Waals surface area contributed by atoms with Gasteiger partial charge >= 0.3 is 7.12 Å². The molecule has 0 bridgehead atoms. The topological polar surface area (TPSA) is 89.6 Å². The van der Waals surface area contributed by atoms with Crippen LogP contribution < -0.4 is 11.2 Å².